The van der Waals surface area contributed by atoms with E-state index in [0.29, 0.717) is 17.0 Å². The summed E-state index contributed by atoms with van der Waals surface area (Å²) in [4.78, 5) is 10.9. The van der Waals surface area contributed by atoms with Crippen LogP contribution in [0.4, 0.5) is 5.69 Å². The van der Waals surface area contributed by atoms with Crippen molar-refractivity contribution in [3.8, 4) is 11.5 Å². The third-order valence-corrected chi connectivity index (χ3v) is 3.14. The Balaban J connectivity index is 1.95. The van der Waals surface area contributed by atoms with Crippen molar-refractivity contribution in [3.63, 3.8) is 0 Å². The van der Waals surface area contributed by atoms with Gasteiger partial charge in [0.05, 0.1) is 18.9 Å². The number of carbonyl (C=O) groups is 1. The van der Waals surface area contributed by atoms with E-state index in [4.69, 9.17) is 22.1 Å². The first kappa shape index (κ1) is 17.2. The molecule has 0 aromatic heterocycles. The van der Waals surface area contributed by atoms with Crippen LogP contribution in [0.2, 0.25) is 0 Å². The molecule has 0 unspecified atom stereocenters. The molecule has 0 amide bonds. The Morgan fingerprint density at radius 1 is 1.29 bits per heavy atom. The summed E-state index contributed by atoms with van der Waals surface area (Å²) in [5.41, 5.74) is 4.01. The molecular formula is C16H15N3O4S. The zero-order valence-electron chi connectivity index (χ0n) is 12.7. The maximum absolute atomic E-state index is 10.9. The molecule has 0 aliphatic rings. The van der Waals surface area contributed by atoms with Crippen LogP contribution in [0.1, 0.15) is 15.9 Å². The van der Waals surface area contributed by atoms with Gasteiger partial charge in [0.2, 0.25) is 0 Å². The molecule has 24 heavy (non-hydrogen) atoms. The number of thiocarbonyl (C=S) groups is 1. The number of phenolic OH excluding ortho intramolecular Hbond substituents is 1. The highest BCUT2D eigenvalue weighted by Crippen LogP contribution is 2.25. The molecule has 0 aliphatic carbocycles. The van der Waals surface area contributed by atoms with Gasteiger partial charge < -0.3 is 20.3 Å². The predicted octanol–water partition coefficient (Wildman–Crippen LogP) is 2.42. The number of hydrogen-bond acceptors (Lipinski definition) is 5. The van der Waals surface area contributed by atoms with Gasteiger partial charge in [0, 0.05) is 5.69 Å². The minimum Gasteiger partial charge on any atom is -0.504 e. The number of nitrogens with one attached hydrogen (secondary N) is 2. The lowest BCUT2D eigenvalue weighted by Gasteiger charge is -2.07. The Morgan fingerprint density at radius 3 is 2.79 bits per heavy atom. The first-order valence-electron chi connectivity index (χ1n) is 6.80. The molecular weight excluding hydrogens is 330 g/mol. The molecule has 2 aromatic carbocycles. The first-order valence-corrected chi connectivity index (χ1v) is 7.21. The normalized spacial score (nSPS) is 10.4. The van der Waals surface area contributed by atoms with Gasteiger partial charge in [0.1, 0.15) is 0 Å². The SMILES string of the molecule is COc1cc(C=NNC(=S)Nc2cccc(C(=O)O)c2)ccc1O. The topological polar surface area (TPSA) is 103 Å². The third kappa shape index (κ3) is 4.68. The van der Waals surface area contributed by atoms with Crippen molar-refractivity contribution in [2.75, 3.05) is 12.4 Å². The van der Waals surface area contributed by atoms with Gasteiger partial charge in [-0.3, -0.25) is 5.43 Å². The van der Waals surface area contributed by atoms with Crippen LogP contribution in [0.3, 0.4) is 0 Å². The van der Waals surface area contributed by atoms with Crippen LogP contribution >= 0.6 is 12.2 Å². The number of ether oxygens (including phenoxy) is 1. The number of aromatic carboxylic acids is 1. The van der Waals surface area contributed by atoms with Crippen LogP contribution in [0.25, 0.3) is 0 Å². The molecule has 0 spiro atoms. The van der Waals surface area contributed by atoms with Crippen LogP contribution in [0, 0.1) is 0 Å². The molecule has 0 aliphatic heterocycles. The number of carboxylic acids is 1. The van der Waals surface area contributed by atoms with Gasteiger partial charge in [-0.1, -0.05) is 6.07 Å². The van der Waals surface area contributed by atoms with Gasteiger partial charge in [-0.15, -0.1) is 0 Å². The Labute approximate surface area is 143 Å². The zero-order chi connectivity index (χ0) is 17.5. The average Bonchev–Trinajstić information content (AvgIpc) is 2.56. The Bertz CT molecular complexity index is 793. The smallest absolute Gasteiger partial charge is 0.335 e. The van der Waals surface area contributed by atoms with Crippen molar-refractivity contribution in [2.24, 2.45) is 5.10 Å². The Kier molecular flexibility index (Phi) is 5.69. The second-order valence-corrected chi connectivity index (χ2v) is 5.05. The van der Waals surface area contributed by atoms with E-state index < -0.39 is 5.97 Å². The van der Waals surface area contributed by atoms with E-state index in [2.05, 4.69) is 15.8 Å². The maximum Gasteiger partial charge on any atom is 0.335 e. The molecule has 0 atom stereocenters. The van der Waals surface area contributed by atoms with Crippen LogP contribution in [-0.4, -0.2) is 34.6 Å². The van der Waals surface area contributed by atoms with Crippen LogP contribution in [0.15, 0.2) is 47.6 Å². The van der Waals surface area contributed by atoms with E-state index in [9.17, 15) is 9.90 Å². The van der Waals surface area contributed by atoms with Crippen LogP contribution in [0.5, 0.6) is 11.5 Å². The van der Waals surface area contributed by atoms with E-state index in [-0.39, 0.29) is 16.4 Å². The number of hydrazone groups is 1. The fourth-order valence-electron chi connectivity index (χ4n) is 1.83. The monoisotopic (exact) mass is 345 g/mol. The second-order valence-electron chi connectivity index (χ2n) is 4.64. The number of methoxy groups -OCH3 is 1. The lowest BCUT2D eigenvalue weighted by atomic mass is 10.2. The van der Waals surface area contributed by atoms with E-state index in [1.165, 1.54) is 31.5 Å². The first-order chi connectivity index (χ1) is 11.5. The van der Waals surface area contributed by atoms with E-state index in [1.54, 1.807) is 24.3 Å². The van der Waals surface area contributed by atoms with Gasteiger partial charge in [0.25, 0.3) is 0 Å². The summed E-state index contributed by atoms with van der Waals surface area (Å²) < 4.78 is 5.00. The number of anilines is 1. The predicted molar refractivity (Wildman–Crippen MR) is 95.0 cm³/mol. The number of phenols is 1. The van der Waals surface area contributed by atoms with Gasteiger partial charge in [-0.2, -0.15) is 5.10 Å². The van der Waals surface area contributed by atoms with Crippen molar-refractivity contribution < 1.29 is 19.7 Å². The fraction of sp³-hybridized carbons (Fsp3) is 0.0625. The largest absolute Gasteiger partial charge is 0.504 e. The molecule has 4 N–H and O–H groups in total. The highest BCUT2D eigenvalue weighted by atomic mass is 32.1. The summed E-state index contributed by atoms with van der Waals surface area (Å²) in [5.74, 6) is -0.639. The molecule has 8 heteroatoms. The number of hydrogen-bond donors (Lipinski definition) is 4. The Morgan fingerprint density at radius 2 is 2.08 bits per heavy atom. The van der Waals surface area contributed by atoms with E-state index in [0.717, 1.165) is 0 Å². The minimum absolute atomic E-state index is 0.0399. The van der Waals surface area contributed by atoms with Gasteiger partial charge in [-0.25, -0.2) is 4.79 Å². The summed E-state index contributed by atoms with van der Waals surface area (Å²) in [7, 11) is 1.46. The van der Waals surface area contributed by atoms with Crippen molar-refractivity contribution in [1.82, 2.24) is 5.43 Å². The molecule has 124 valence electrons. The standard InChI is InChI=1S/C16H15N3O4S/c1-23-14-7-10(5-6-13(14)20)9-17-19-16(24)18-12-4-2-3-11(8-12)15(21)22/h2-9,20H,1H3,(H,21,22)(H2,18,19,24). The van der Waals surface area contributed by atoms with Crippen molar-refractivity contribution >= 4 is 35.2 Å². The summed E-state index contributed by atoms with van der Waals surface area (Å²) in [6, 6.07) is 11.0. The zero-order valence-corrected chi connectivity index (χ0v) is 13.5. The highest BCUT2D eigenvalue weighted by Gasteiger charge is 2.04. The lowest BCUT2D eigenvalue weighted by Crippen LogP contribution is -2.24. The quantitative estimate of drug-likeness (QED) is 0.375. The molecule has 0 radical (unpaired) electrons. The molecule has 2 rings (SSSR count). The molecule has 0 saturated carbocycles. The van der Waals surface area contributed by atoms with Gasteiger partial charge >= 0.3 is 5.97 Å². The van der Waals surface area contributed by atoms with Crippen LogP contribution < -0.4 is 15.5 Å². The summed E-state index contributed by atoms with van der Waals surface area (Å²) in [6.45, 7) is 0. The number of carboxylic acid groups (broad SMARTS) is 1. The fourth-order valence-corrected chi connectivity index (χ4v) is 2.00. The molecule has 0 bridgehead atoms. The van der Waals surface area contributed by atoms with Crippen molar-refractivity contribution in [3.05, 3.63) is 53.6 Å². The van der Waals surface area contributed by atoms with Gasteiger partial charge in [0.15, 0.2) is 16.6 Å². The molecule has 2 aromatic rings. The van der Waals surface area contributed by atoms with E-state index in [1.807, 2.05) is 0 Å². The maximum atomic E-state index is 10.9. The average molecular weight is 345 g/mol. The molecule has 0 saturated heterocycles. The van der Waals surface area contributed by atoms with E-state index >= 15 is 0 Å². The third-order valence-electron chi connectivity index (χ3n) is 2.95. The number of benzene rings is 2. The number of nitrogens with zero attached hydrogens (tertiary/aromatic N) is 1. The summed E-state index contributed by atoms with van der Waals surface area (Å²) >= 11 is 5.08. The Hall–Kier alpha value is -3.13. The van der Waals surface area contributed by atoms with Crippen molar-refractivity contribution in [1.29, 1.82) is 0 Å². The van der Waals surface area contributed by atoms with Gasteiger partial charge in [-0.05, 0) is 54.2 Å². The highest BCUT2D eigenvalue weighted by molar-refractivity contribution is 7.80. The summed E-state index contributed by atoms with van der Waals surface area (Å²) in [5, 5.41) is 25.5. The summed E-state index contributed by atoms with van der Waals surface area (Å²) in [6.07, 6.45) is 1.50. The van der Waals surface area contributed by atoms with Crippen LogP contribution in [-0.2, 0) is 0 Å². The second kappa shape index (κ2) is 7.93. The minimum atomic E-state index is -1.02. The van der Waals surface area contributed by atoms with Crippen molar-refractivity contribution in [2.45, 2.75) is 0 Å². The molecule has 7 nitrogen and oxygen atoms in total. The molecule has 0 fully saturated rings. The number of aromatic hydroxyl groups is 1. The number of rotatable bonds is 5. The molecule has 0 heterocycles. The lowest BCUT2D eigenvalue weighted by molar-refractivity contribution is 0.0697.